The molecule has 0 aliphatic carbocycles. The zero-order valence-electron chi connectivity index (χ0n) is 13.8. The van der Waals surface area contributed by atoms with Gasteiger partial charge in [-0.05, 0) is 30.5 Å². The lowest BCUT2D eigenvalue weighted by Gasteiger charge is -2.30. The number of hydrogen-bond donors (Lipinski definition) is 2. The Balaban J connectivity index is 1.59. The first-order valence-corrected chi connectivity index (χ1v) is 9.89. The van der Waals surface area contributed by atoms with Crippen LogP contribution in [0.4, 0.5) is 9.18 Å². The summed E-state index contributed by atoms with van der Waals surface area (Å²) in [6.07, 6.45) is 0.0151. The van der Waals surface area contributed by atoms with Crippen LogP contribution in [0.15, 0.2) is 24.3 Å². The smallest absolute Gasteiger partial charge is 0.325 e. The SMILES string of the molecule is O=C(CN1C(=O)NC2(CCS(=O)(=O)CC2)C1=O)NCc1ccc(F)cc1. The first-order chi connectivity index (χ1) is 12.2. The first-order valence-electron chi connectivity index (χ1n) is 8.06. The highest BCUT2D eigenvalue weighted by molar-refractivity contribution is 7.91. The molecule has 2 saturated heterocycles. The molecule has 0 bridgehead atoms. The van der Waals surface area contributed by atoms with Crippen molar-refractivity contribution < 1.29 is 27.2 Å². The second-order valence-electron chi connectivity index (χ2n) is 6.46. The Morgan fingerprint density at radius 1 is 1.19 bits per heavy atom. The molecule has 2 fully saturated rings. The van der Waals surface area contributed by atoms with Gasteiger partial charge in [-0.15, -0.1) is 0 Å². The number of carbonyl (C=O) groups excluding carboxylic acids is 3. The number of imide groups is 1. The minimum atomic E-state index is -3.20. The van der Waals surface area contributed by atoms with Crippen LogP contribution < -0.4 is 10.6 Å². The van der Waals surface area contributed by atoms with Crippen molar-refractivity contribution in [1.82, 2.24) is 15.5 Å². The fraction of sp³-hybridized carbons (Fsp3) is 0.438. The van der Waals surface area contributed by atoms with Gasteiger partial charge in [-0.25, -0.2) is 17.6 Å². The number of hydrogen-bond acceptors (Lipinski definition) is 5. The fourth-order valence-corrected chi connectivity index (χ4v) is 4.57. The van der Waals surface area contributed by atoms with E-state index in [2.05, 4.69) is 10.6 Å². The Morgan fingerprint density at radius 2 is 1.81 bits per heavy atom. The molecule has 2 heterocycles. The monoisotopic (exact) mass is 383 g/mol. The van der Waals surface area contributed by atoms with E-state index in [1.807, 2.05) is 0 Å². The number of halogens is 1. The maximum atomic E-state index is 12.9. The van der Waals surface area contributed by atoms with Crippen molar-refractivity contribution in [2.45, 2.75) is 24.9 Å². The van der Waals surface area contributed by atoms with Crippen LogP contribution in [0.25, 0.3) is 0 Å². The Kier molecular flexibility index (Phi) is 4.70. The Morgan fingerprint density at radius 3 is 2.42 bits per heavy atom. The van der Waals surface area contributed by atoms with Gasteiger partial charge in [0.25, 0.3) is 5.91 Å². The molecule has 0 unspecified atom stereocenters. The zero-order valence-corrected chi connectivity index (χ0v) is 14.6. The van der Waals surface area contributed by atoms with E-state index in [1.54, 1.807) is 0 Å². The summed E-state index contributed by atoms with van der Waals surface area (Å²) in [5, 5.41) is 5.10. The highest BCUT2D eigenvalue weighted by Gasteiger charge is 2.53. The second-order valence-corrected chi connectivity index (χ2v) is 8.76. The minimum Gasteiger partial charge on any atom is -0.350 e. The normalized spacial score (nSPS) is 20.9. The van der Waals surface area contributed by atoms with Gasteiger partial charge >= 0.3 is 6.03 Å². The molecular weight excluding hydrogens is 365 g/mol. The number of nitrogens with zero attached hydrogens (tertiary/aromatic N) is 1. The third-order valence-electron chi connectivity index (χ3n) is 4.63. The van der Waals surface area contributed by atoms with E-state index in [0.29, 0.717) is 5.56 Å². The molecule has 0 atom stereocenters. The highest BCUT2D eigenvalue weighted by Crippen LogP contribution is 2.30. The van der Waals surface area contributed by atoms with E-state index < -0.39 is 39.8 Å². The summed E-state index contributed by atoms with van der Waals surface area (Å²) in [7, 11) is -3.20. The van der Waals surface area contributed by atoms with Gasteiger partial charge in [-0.3, -0.25) is 14.5 Å². The average Bonchev–Trinajstić information content (AvgIpc) is 2.82. The molecule has 0 aromatic heterocycles. The fourth-order valence-electron chi connectivity index (χ4n) is 3.05. The van der Waals surface area contributed by atoms with Gasteiger partial charge in [-0.2, -0.15) is 0 Å². The summed E-state index contributed by atoms with van der Waals surface area (Å²) in [6.45, 7) is -0.327. The Bertz CT molecular complexity index is 839. The Hall–Kier alpha value is -2.49. The van der Waals surface area contributed by atoms with Crippen molar-refractivity contribution in [3.63, 3.8) is 0 Å². The largest absolute Gasteiger partial charge is 0.350 e. The second kappa shape index (κ2) is 6.67. The molecule has 4 amide bonds. The first kappa shape index (κ1) is 18.3. The molecule has 140 valence electrons. The van der Waals surface area contributed by atoms with Crippen LogP contribution in [-0.4, -0.2) is 54.8 Å². The van der Waals surface area contributed by atoms with Gasteiger partial charge in [0.05, 0.1) is 11.5 Å². The molecule has 0 saturated carbocycles. The summed E-state index contributed by atoms with van der Waals surface area (Å²) in [5.41, 5.74) is -0.564. The van der Waals surface area contributed by atoms with Crippen molar-refractivity contribution in [2.24, 2.45) is 0 Å². The number of carbonyl (C=O) groups is 3. The molecule has 3 rings (SSSR count). The van der Waals surface area contributed by atoms with Crippen molar-refractivity contribution >= 4 is 27.7 Å². The molecule has 0 radical (unpaired) electrons. The molecule has 1 aromatic carbocycles. The number of benzene rings is 1. The van der Waals surface area contributed by atoms with Crippen LogP contribution >= 0.6 is 0 Å². The number of sulfone groups is 1. The summed E-state index contributed by atoms with van der Waals surface area (Å²) in [6, 6.07) is 4.85. The van der Waals surface area contributed by atoms with Gasteiger partial charge in [0.1, 0.15) is 17.9 Å². The van der Waals surface area contributed by atoms with Crippen molar-refractivity contribution in [3.05, 3.63) is 35.6 Å². The number of urea groups is 1. The average molecular weight is 383 g/mol. The minimum absolute atomic E-state index is 0.00754. The third-order valence-corrected chi connectivity index (χ3v) is 6.28. The molecular formula is C16H18FN3O5S. The lowest BCUT2D eigenvalue weighted by molar-refractivity contribution is -0.135. The molecule has 8 nitrogen and oxygen atoms in total. The third kappa shape index (κ3) is 3.69. The van der Waals surface area contributed by atoms with E-state index in [9.17, 15) is 27.2 Å². The van der Waals surface area contributed by atoms with E-state index in [0.717, 1.165) is 4.90 Å². The van der Waals surface area contributed by atoms with Crippen molar-refractivity contribution in [3.8, 4) is 0 Å². The van der Waals surface area contributed by atoms with Crippen molar-refractivity contribution in [2.75, 3.05) is 18.1 Å². The quantitative estimate of drug-likeness (QED) is 0.708. The number of rotatable bonds is 4. The van der Waals surface area contributed by atoms with Gasteiger partial charge in [0, 0.05) is 6.54 Å². The maximum absolute atomic E-state index is 12.9. The predicted octanol–water partition coefficient (Wildman–Crippen LogP) is -0.0589. The predicted molar refractivity (Wildman–Crippen MR) is 89.1 cm³/mol. The summed E-state index contributed by atoms with van der Waals surface area (Å²) >= 11 is 0. The van der Waals surface area contributed by atoms with E-state index in [1.165, 1.54) is 24.3 Å². The van der Waals surface area contributed by atoms with Crippen LogP contribution in [0, 0.1) is 5.82 Å². The van der Waals surface area contributed by atoms with Crippen LogP contribution in [-0.2, 0) is 26.0 Å². The van der Waals surface area contributed by atoms with Crippen LogP contribution in [0.2, 0.25) is 0 Å². The van der Waals surface area contributed by atoms with E-state index in [-0.39, 0.29) is 36.7 Å². The summed E-state index contributed by atoms with van der Waals surface area (Å²) in [4.78, 5) is 37.5. The van der Waals surface area contributed by atoms with Crippen LogP contribution in [0.1, 0.15) is 18.4 Å². The van der Waals surface area contributed by atoms with Gasteiger partial charge in [-0.1, -0.05) is 12.1 Å². The molecule has 2 aliphatic heterocycles. The standard InChI is InChI=1S/C16H18FN3O5S/c17-12-3-1-11(2-4-12)9-18-13(21)10-20-14(22)16(19-15(20)23)5-7-26(24,25)8-6-16/h1-4H,5-10H2,(H,18,21)(H,19,23). The zero-order chi connectivity index (χ0) is 18.9. The van der Waals surface area contributed by atoms with Gasteiger partial charge < -0.3 is 10.6 Å². The van der Waals surface area contributed by atoms with Crippen LogP contribution in [0.5, 0.6) is 0 Å². The molecule has 2 N–H and O–H groups in total. The summed E-state index contributed by atoms with van der Waals surface area (Å²) in [5.74, 6) is -1.86. The molecule has 1 aromatic rings. The highest BCUT2D eigenvalue weighted by atomic mass is 32.2. The van der Waals surface area contributed by atoms with Crippen LogP contribution in [0.3, 0.4) is 0 Å². The Labute approximate surface area is 149 Å². The van der Waals surface area contributed by atoms with Crippen molar-refractivity contribution in [1.29, 1.82) is 0 Å². The molecule has 10 heteroatoms. The number of amides is 4. The molecule has 2 aliphatic rings. The number of nitrogens with one attached hydrogen (secondary N) is 2. The van der Waals surface area contributed by atoms with Gasteiger partial charge in [0.2, 0.25) is 5.91 Å². The lowest BCUT2D eigenvalue weighted by Crippen LogP contribution is -2.52. The topological polar surface area (TPSA) is 113 Å². The molecule has 1 spiro atoms. The van der Waals surface area contributed by atoms with E-state index in [4.69, 9.17) is 0 Å². The maximum Gasteiger partial charge on any atom is 0.325 e. The lowest BCUT2D eigenvalue weighted by atomic mass is 9.92. The van der Waals surface area contributed by atoms with Gasteiger partial charge in [0.15, 0.2) is 9.84 Å². The van der Waals surface area contributed by atoms with E-state index >= 15 is 0 Å². The molecule has 26 heavy (non-hydrogen) atoms. The summed E-state index contributed by atoms with van der Waals surface area (Å²) < 4.78 is 36.0.